The van der Waals surface area contributed by atoms with Crippen molar-refractivity contribution in [1.29, 1.82) is 0 Å². The molecule has 3 N–H and O–H groups in total. The summed E-state index contributed by atoms with van der Waals surface area (Å²) < 4.78 is 39.2. The Kier molecular flexibility index (Phi) is 5.06. The highest BCUT2D eigenvalue weighted by molar-refractivity contribution is 7.88. The van der Waals surface area contributed by atoms with Gasteiger partial charge in [0, 0.05) is 13.1 Å². The fraction of sp³-hybridized carbons (Fsp3) is 0.200. The van der Waals surface area contributed by atoms with E-state index >= 15 is 0 Å². The van der Waals surface area contributed by atoms with E-state index in [1.54, 1.807) is 0 Å². The van der Waals surface area contributed by atoms with Gasteiger partial charge in [0.05, 0.1) is 5.75 Å². The lowest BCUT2D eigenvalue weighted by atomic mass is 10.1. The van der Waals surface area contributed by atoms with E-state index < -0.39 is 10.0 Å². The van der Waals surface area contributed by atoms with Crippen LogP contribution in [0.25, 0.3) is 0 Å². The number of nitrogens with one attached hydrogen (secondary N) is 1. The van der Waals surface area contributed by atoms with E-state index in [0.29, 0.717) is 12.1 Å². The minimum atomic E-state index is -3.46. The highest BCUT2D eigenvalue weighted by atomic mass is 32.2. The van der Waals surface area contributed by atoms with E-state index in [2.05, 4.69) is 4.72 Å². The molecule has 0 fully saturated rings. The Morgan fingerprint density at radius 1 is 0.905 bits per heavy atom. The van der Waals surface area contributed by atoms with Crippen LogP contribution < -0.4 is 10.5 Å². The molecule has 0 atom stereocenters. The molecule has 6 heteroatoms. The van der Waals surface area contributed by atoms with Gasteiger partial charge in [-0.05, 0) is 28.8 Å². The van der Waals surface area contributed by atoms with E-state index in [1.165, 1.54) is 24.3 Å². The van der Waals surface area contributed by atoms with Crippen LogP contribution in [0.3, 0.4) is 0 Å². The molecule has 0 aliphatic carbocycles. The monoisotopic (exact) mass is 308 g/mol. The van der Waals surface area contributed by atoms with Gasteiger partial charge >= 0.3 is 0 Å². The molecule has 0 saturated heterocycles. The number of sulfonamides is 1. The zero-order valence-corrected chi connectivity index (χ0v) is 12.2. The van der Waals surface area contributed by atoms with Crippen LogP contribution in [0, 0.1) is 5.82 Å². The van der Waals surface area contributed by atoms with E-state index in [4.69, 9.17) is 5.73 Å². The van der Waals surface area contributed by atoms with Crippen molar-refractivity contribution in [2.24, 2.45) is 5.73 Å². The highest BCUT2D eigenvalue weighted by Gasteiger charge is 2.11. The van der Waals surface area contributed by atoms with Gasteiger partial charge in [-0.15, -0.1) is 0 Å². The number of nitrogens with two attached hydrogens (primary N) is 1. The third kappa shape index (κ3) is 4.93. The van der Waals surface area contributed by atoms with Crippen molar-refractivity contribution in [1.82, 2.24) is 4.72 Å². The van der Waals surface area contributed by atoms with Crippen molar-refractivity contribution in [2.75, 3.05) is 0 Å². The van der Waals surface area contributed by atoms with Crippen LogP contribution in [-0.2, 0) is 28.9 Å². The standard InChI is InChI=1S/C15H17FN2O2S/c16-15-7-5-14(6-8-15)11-21(19,20)18-10-13-3-1-12(9-17)2-4-13/h1-8,18H,9-11,17H2. The molecular weight excluding hydrogens is 291 g/mol. The Hall–Kier alpha value is -1.76. The van der Waals surface area contributed by atoms with Crippen LogP contribution in [0.1, 0.15) is 16.7 Å². The summed E-state index contributed by atoms with van der Waals surface area (Å²) in [6.45, 7) is 0.672. The smallest absolute Gasteiger partial charge is 0.216 e. The van der Waals surface area contributed by atoms with E-state index in [9.17, 15) is 12.8 Å². The quantitative estimate of drug-likeness (QED) is 0.856. The minimum Gasteiger partial charge on any atom is -0.326 e. The maximum atomic E-state index is 12.8. The predicted molar refractivity (Wildman–Crippen MR) is 80.2 cm³/mol. The first-order valence-electron chi connectivity index (χ1n) is 6.48. The number of halogens is 1. The maximum Gasteiger partial charge on any atom is 0.216 e. The highest BCUT2D eigenvalue weighted by Crippen LogP contribution is 2.08. The summed E-state index contributed by atoms with van der Waals surface area (Å²) in [5, 5.41) is 0. The SMILES string of the molecule is NCc1ccc(CNS(=O)(=O)Cc2ccc(F)cc2)cc1. The van der Waals surface area contributed by atoms with Gasteiger partial charge in [-0.2, -0.15) is 0 Å². The van der Waals surface area contributed by atoms with Crippen molar-refractivity contribution in [3.05, 3.63) is 71.0 Å². The van der Waals surface area contributed by atoms with Gasteiger partial charge < -0.3 is 5.73 Å². The predicted octanol–water partition coefficient (Wildman–Crippen LogP) is 1.90. The van der Waals surface area contributed by atoms with E-state index in [1.807, 2.05) is 24.3 Å². The number of hydrogen-bond acceptors (Lipinski definition) is 3. The lowest BCUT2D eigenvalue weighted by molar-refractivity contribution is 0.580. The Bertz CT molecular complexity index is 683. The van der Waals surface area contributed by atoms with Crippen LogP contribution in [0.15, 0.2) is 48.5 Å². The van der Waals surface area contributed by atoms with Gasteiger partial charge in [0.15, 0.2) is 0 Å². The summed E-state index contributed by atoms with van der Waals surface area (Å²) in [5.41, 5.74) is 7.90. The van der Waals surface area contributed by atoms with Gasteiger partial charge in [-0.3, -0.25) is 0 Å². The molecule has 0 saturated carbocycles. The normalized spacial score (nSPS) is 11.5. The Labute approximate surface area is 123 Å². The number of hydrogen-bond donors (Lipinski definition) is 2. The third-order valence-corrected chi connectivity index (χ3v) is 4.32. The molecule has 112 valence electrons. The lowest BCUT2D eigenvalue weighted by Crippen LogP contribution is -2.24. The maximum absolute atomic E-state index is 12.8. The van der Waals surface area contributed by atoms with E-state index in [0.717, 1.165) is 11.1 Å². The molecule has 0 heterocycles. The first-order valence-corrected chi connectivity index (χ1v) is 8.13. The van der Waals surface area contributed by atoms with Crippen LogP contribution in [0.2, 0.25) is 0 Å². The molecular formula is C15H17FN2O2S. The molecule has 2 aromatic rings. The van der Waals surface area contributed by atoms with Crippen LogP contribution in [-0.4, -0.2) is 8.42 Å². The summed E-state index contributed by atoms with van der Waals surface area (Å²) in [6.07, 6.45) is 0. The number of benzene rings is 2. The van der Waals surface area contributed by atoms with Crippen LogP contribution in [0.4, 0.5) is 4.39 Å². The van der Waals surface area contributed by atoms with Crippen molar-refractivity contribution in [3.63, 3.8) is 0 Å². The van der Waals surface area contributed by atoms with Crippen LogP contribution >= 0.6 is 0 Å². The fourth-order valence-corrected chi connectivity index (χ4v) is 2.96. The molecule has 0 unspecified atom stereocenters. The zero-order chi connectivity index (χ0) is 15.3. The third-order valence-electron chi connectivity index (χ3n) is 3.02. The average molecular weight is 308 g/mol. The molecule has 0 bridgehead atoms. The van der Waals surface area contributed by atoms with E-state index in [-0.39, 0.29) is 18.1 Å². The van der Waals surface area contributed by atoms with Gasteiger partial charge in [0.25, 0.3) is 0 Å². The molecule has 2 rings (SSSR count). The first-order chi connectivity index (χ1) is 9.98. The Balaban J connectivity index is 1.95. The molecule has 0 spiro atoms. The molecule has 0 aromatic heterocycles. The second kappa shape index (κ2) is 6.80. The Morgan fingerprint density at radius 3 is 2.00 bits per heavy atom. The summed E-state index contributed by atoms with van der Waals surface area (Å²) in [6, 6.07) is 12.8. The van der Waals surface area contributed by atoms with Gasteiger partial charge in [-0.25, -0.2) is 17.5 Å². The summed E-state index contributed by atoms with van der Waals surface area (Å²) in [5.74, 6) is -0.558. The lowest BCUT2D eigenvalue weighted by Gasteiger charge is -2.07. The van der Waals surface area contributed by atoms with Gasteiger partial charge in [0.2, 0.25) is 10.0 Å². The van der Waals surface area contributed by atoms with Crippen molar-refractivity contribution >= 4 is 10.0 Å². The number of rotatable bonds is 6. The Morgan fingerprint density at radius 2 is 1.43 bits per heavy atom. The van der Waals surface area contributed by atoms with Crippen molar-refractivity contribution in [3.8, 4) is 0 Å². The molecule has 21 heavy (non-hydrogen) atoms. The van der Waals surface area contributed by atoms with Crippen molar-refractivity contribution < 1.29 is 12.8 Å². The summed E-state index contributed by atoms with van der Waals surface area (Å²) in [7, 11) is -3.46. The van der Waals surface area contributed by atoms with Crippen molar-refractivity contribution in [2.45, 2.75) is 18.8 Å². The molecule has 2 aromatic carbocycles. The molecule has 0 amide bonds. The second-order valence-electron chi connectivity index (χ2n) is 4.73. The molecule has 0 radical (unpaired) electrons. The first kappa shape index (κ1) is 15.6. The van der Waals surface area contributed by atoms with Crippen LogP contribution in [0.5, 0.6) is 0 Å². The molecule has 0 aliphatic rings. The fourth-order valence-electron chi connectivity index (χ4n) is 1.84. The summed E-state index contributed by atoms with van der Waals surface area (Å²) in [4.78, 5) is 0. The second-order valence-corrected chi connectivity index (χ2v) is 6.53. The summed E-state index contributed by atoms with van der Waals surface area (Å²) >= 11 is 0. The van der Waals surface area contributed by atoms with Gasteiger partial charge in [0.1, 0.15) is 5.82 Å². The average Bonchev–Trinajstić information content (AvgIpc) is 2.48. The van der Waals surface area contributed by atoms with Gasteiger partial charge in [-0.1, -0.05) is 36.4 Å². The molecule has 0 aliphatic heterocycles. The zero-order valence-electron chi connectivity index (χ0n) is 11.4. The topological polar surface area (TPSA) is 72.2 Å². The molecule has 4 nitrogen and oxygen atoms in total. The largest absolute Gasteiger partial charge is 0.326 e. The minimum absolute atomic E-state index is 0.172.